The molecule has 0 unspecified atom stereocenters. The van der Waals surface area contributed by atoms with Gasteiger partial charge in [0.15, 0.2) is 0 Å². The van der Waals surface area contributed by atoms with Crippen molar-refractivity contribution in [2.45, 2.75) is 46.4 Å². The lowest BCUT2D eigenvalue weighted by molar-refractivity contribution is 0.299. The zero-order valence-corrected chi connectivity index (χ0v) is 13.3. The van der Waals surface area contributed by atoms with E-state index in [1.807, 2.05) is 43.5 Å². The first-order valence-electron chi connectivity index (χ1n) is 7.31. The zero-order valence-electron chi connectivity index (χ0n) is 13.3. The molecule has 0 bridgehead atoms. The molecule has 3 heteroatoms. The maximum atomic E-state index is 5.80. The van der Waals surface area contributed by atoms with E-state index in [0.29, 0.717) is 6.61 Å². The number of benzene rings is 1. The van der Waals surface area contributed by atoms with E-state index in [-0.39, 0.29) is 5.54 Å². The van der Waals surface area contributed by atoms with Crippen LogP contribution in [0.5, 0.6) is 5.75 Å². The molecule has 1 N–H and O–H groups in total. The zero-order chi connectivity index (χ0) is 15.3. The van der Waals surface area contributed by atoms with Crippen LogP contribution in [-0.4, -0.2) is 10.5 Å². The van der Waals surface area contributed by atoms with Crippen molar-refractivity contribution in [1.29, 1.82) is 0 Å². The topological polar surface area (TPSA) is 34.1 Å². The van der Waals surface area contributed by atoms with E-state index < -0.39 is 0 Å². The number of nitrogens with zero attached hydrogens (tertiary/aromatic N) is 1. The predicted molar refractivity (Wildman–Crippen MR) is 86.3 cm³/mol. The van der Waals surface area contributed by atoms with Crippen molar-refractivity contribution in [3.63, 3.8) is 0 Å². The van der Waals surface area contributed by atoms with Gasteiger partial charge < -0.3 is 10.1 Å². The van der Waals surface area contributed by atoms with Crippen LogP contribution >= 0.6 is 0 Å². The van der Waals surface area contributed by atoms with Crippen molar-refractivity contribution >= 4 is 0 Å². The number of hydrogen-bond donors (Lipinski definition) is 1. The fraction of sp³-hybridized carbons (Fsp3) is 0.389. The van der Waals surface area contributed by atoms with E-state index in [1.54, 1.807) is 0 Å². The van der Waals surface area contributed by atoms with Gasteiger partial charge in [-0.05, 0) is 51.0 Å². The Hall–Kier alpha value is -1.87. The predicted octanol–water partition coefficient (Wildman–Crippen LogP) is 3.86. The summed E-state index contributed by atoms with van der Waals surface area (Å²) in [6.45, 7) is 9.85. The molecule has 0 aliphatic carbocycles. The number of ether oxygens (including phenoxy) is 1. The van der Waals surface area contributed by atoms with Crippen molar-refractivity contribution in [3.8, 4) is 5.75 Å². The third kappa shape index (κ3) is 5.20. The highest BCUT2D eigenvalue weighted by Gasteiger charge is 2.08. The first kappa shape index (κ1) is 15.5. The van der Waals surface area contributed by atoms with Gasteiger partial charge in [-0.1, -0.05) is 24.3 Å². The van der Waals surface area contributed by atoms with Crippen molar-refractivity contribution in [2.24, 2.45) is 0 Å². The number of pyridine rings is 1. The molecule has 0 aliphatic heterocycles. The van der Waals surface area contributed by atoms with Crippen LogP contribution in [0.2, 0.25) is 0 Å². The van der Waals surface area contributed by atoms with E-state index >= 15 is 0 Å². The number of hydrogen-bond acceptors (Lipinski definition) is 3. The Balaban J connectivity index is 1.89. The van der Waals surface area contributed by atoms with Gasteiger partial charge in [-0.3, -0.25) is 4.98 Å². The average Bonchev–Trinajstić information content (AvgIpc) is 2.45. The Bertz CT molecular complexity index is 571. The standard InChI is InChI=1S/C18H24N2O/c1-14-7-5-6-8-17(14)21-13-16-10-9-15(11-19-16)12-20-18(2,3)4/h5-11,20H,12-13H2,1-4H3. The molecule has 1 aromatic heterocycles. The summed E-state index contributed by atoms with van der Waals surface area (Å²) in [6, 6.07) is 12.1. The molecule has 3 nitrogen and oxygen atoms in total. The SMILES string of the molecule is Cc1ccccc1OCc1ccc(CNC(C)(C)C)cn1. The summed E-state index contributed by atoms with van der Waals surface area (Å²) in [5.41, 5.74) is 3.39. The van der Waals surface area contributed by atoms with E-state index in [2.05, 4.69) is 37.1 Å². The molecule has 0 saturated heterocycles. The van der Waals surface area contributed by atoms with Crippen molar-refractivity contribution in [3.05, 3.63) is 59.4 Å². The molecule has 0 fully saturated rings. The molecule has 1 aromatic carbocycles. The van der Waals surface area contributed by atoms with Gasteiger partial charge in [0.25, 0.3) is 0 Å². The molecule has 21 heavy (non-hydrogen) atoms. The molecule has 2 rings (SSSR count). The molecule has 0 aliphatic rings. The lowest BCUT2D eigenvalue weighted by Crippen LogP contribution is -2.35. The molecular formula is C18H24N2O. The largest absolute Gasteiger partial charge is 0.487 e. The Morgan fingerprint density at radius 1 is 1.10 bits per heavy atom. The second kappa shape index (κ2) is 6.72. The third-order valence-electron chi connectivity index (χ3n) is 3.18. The quantitative estimate of drug-likeness (QED) is 0.905. The van der Waals surface area contributed by atoms with Crippen LogP contribution in [0, 0.1) is 6.92 Å². The second-order valence-corrected chi connectivity index (χ2v) is 6.32. The summed E-state index contributed by atoms with van der Waals surface area (Å²) >= 11 is 0. The summed E-state index contributed by atoms with van der Waals surface area (Å²) in [7, 11) is 0. The van der Waals surface area contributed by atoms with Gasteiger partial charge in [0.1, 0.15) is 12.4 Å². The average molecular weight is 284 g/mol. The minimum Gasteiger partial charge on any atom is -0.487 e. The smallest absolute Gasteiger partial charge is 0.130 e. The molecule has 0 atom stereocenters. The lowest BCUT2D eigenvalue weighted by Gasteiger charge is -2.20. The lowest BCUT2D eigenvalue weighted by atomic mass is 10.1. The minimum atomic E-state index is 0.118. The van der Waals surface area contributed by atoms with Crippen molar-refractivity contribution < 1.29 is 4.74 Å². The van der Waals surface area contributed by atoms with Gasteiger partial charge in [0.2, 0.25) is 0 Å². The highest BCUT2D eigenvalue weighted by molar-refractivity contribution is 5.31. The van der Waals surface area contributed by atoms with Crippen LogP contribution in [-0.2, 0) is 13.2 Å². The van der Waals surface area contributed by atoms with E-state index in [1.165, 1.54) is 5.56 Å². The monoisotopic (exact) mass is 284 g/mol. The molecule has 0 spiro atoms. The molecule has 112 valence electrons. The minimum absolute atomic E-state index is 0.118. The second-order valence-electron chi connectivity index (χ2n) is 6.32. The molecule has 2 aromatic rings. The van der Waals surface area contributed by atoms with E-state index in [4.69, 9.17) is 4.74 Å². The molecule has 0 amide bonds. The number of nitrogens with one attached hydrogen (secondary N) is 1. The molecule has 0 radical (unpaired) electrons. The summed E-state index contributed by atoms with van der Waals surface area (Å²) in [5, 5.41) is 3.45. The van der Waals surface area contributed by atoms with Crippen LogP contribution in [0.25, 0.3) is 0 Å². The summed E-state index contributed by atoms with van der Waals surface area (Å²) < 4.78 is 5.80. The van der Waals surface area contributed by atoms with E-state index in [0.717, 1.165) is 23.6 Å². The van der Waals surface area contributed by atoms with Gasteiger partial charge in [-0.25, -0.2) is 0 Å². The number of para-hydroxylation sites is 1. The van der Waals surface area contributed by atoms with Crippen LogP contribution in [0.15, 0.2) is 42.6 Å². The van der Waals surface area contributed by atoms with Crippen LogP contribution in [0.4, 0.5) is 0 Å². The van der Waals surface area contributed by atoms with Crippen molar-refractivity contribution in [2.75, 3.05) is 0 Å². The Morgan fingerprint density at radius 3 is 2.48 bits per heavy atom. The van der Waals surface area contributed by atoms with Crippen LogP contribution < -0.4 is 10.1 Å². The van der Waals surface area contributed by atoms with Crippen LogP contribution in [0.3, 0.4) is 0 Å². The third-order valence-corrected chi connectivity index (χ3v) is 3.18. The van der Waals surface area contributed by atoms with Gasteiger partial charge >= 0.3 is 0 Å². The Kier molecular flexibility index (Phi) is 4.97. The Morgan fingerprint density at radius 2 is 1.86 bits per heavy atom. The molecular weight excluding hydrogens is 260 g/mol. The van der Waals surface area contributed by atoms with Crippen LogP contribution in [0.1, 0.15) is 37.6 Å². The first-order chi connectivity index (χ1) is 9.94. The number of rotatable bonds is 5. The number of aromatic nitrogens is 1. The summed E-state index contributed by atoms with van der Waals surface area (Å²) in [6.07, 6.45) is 1.91. The maximum absolute atomic E-state index is 5.80. The highest BCUT2D eigenvalue weighted by atomic mass is 16.5. The highest BCUT2D eigenvalue weighted by Crippen LogP contribution is 2.17. The van der Waals surface area contributed by atoms with Crippen molar-refractivity contribution in [1.82, 2.24) is 10.3 Å². The van der Waals surface area contributed by atoms with Gasteiger partial charge in [0.05, 0.1) is 5.69 Å². The summed E-state index contributed by atoms with van der Waals surface area (Å²) in [4.78, 5) is 4.46. The molecule has 0 saturated carbocycles. The fourth-order valence-corrected chi connectivity index (χ4v) is 1.88. The Labute approximate surface area is 127 Å². The van der Waals surface area contributed by atoms with Gasteiger partial charge in [0, 0.05) is 18.3 Å². The first-order valence-corrected chi connectivity index (χ1v) is 7.31. The molecule has 1 heterocycles. The fourth-order valence-electron chi connectivity index (χ4n) is 1.88. The van der Waals surface area contributed by atoms with Gasteiger partial charge in [-0.2, -0.15) is 0 Å². The van der Waals surface area contributed by atoms with E-state index in [9.17, 15) is 0 Å². The normalized spacial score (nSPS) is 11.4. The summed E-state index contributed by atoms with van der Waals surface area (Å²) in [5.74, 6) is 0.915. The maximum Gasteiger partial charge on any atom is 0.130 e. The van der Waals surface area contributed by atoms with Gasteiger partial charge in [-0.15, -0.1) is 0 Å². The number of aryl methyl sites for hydroxylation is 1.